The lowest BCUT2D eigenvalue weighted by Gasteiger charge is -2.26. The summed E-state index contributed by atoms with van der Waals surface area (Å²) in [5.41, 5.74) is 2.26. The summed E-state index contributed by atoms with van der Waals surface area (Å²) >= 11 is 7.86. The Bertz CT molecular complexity index is 944. The first-order valence-electron chi connectivity index (χ1n) is 8.59. The number of nitrogens with one attached hydrogen (secondary N) is 2. The van der Waals surface area contributed by atoms with Gasteiger partial charge >= 0.3 is 0 Å². The summed E-state index contributed by atoms with van der Waals surface area (Å²) in [5.74, 6) is -0.164. The number of benzene rings is 1. The van der Waals surface area contributed by atoms with Crippen LogP contribution in [0.4, 0.5) is 5.69 Å². The Hall–Kier alpha value is -1.86. The van der Waals surface area contributed by atoms with Crippen LogP contribution in [0.5, 0.6) is 0 Å². The minimum absolute atomic E-state index is 0.164. The maximum absolute atomic E-state index is 12.9. The van der Waals surface area contributed by atoms with Gasteiger partial charge in [-0.05, 0) is 25.1 Å². The first-order chi connectivity index (χ1) is 12.6. The second-order valence-corrected chi connectivity index (χ2v) is 8.06. The first kappa shape index (κ1) is 17.5. The third-order valence-corrected chi connectivity index (χ3v) is 5.85. The van der Waals surface area contributed by atoms with Crippen molar-refractivity contribution in [1.82, 2.24) is 9.88 Å². The summed E-state index contributed by atoms with van der Waals surface area (Å²) in [6.07, 6.45) is 0. The van der Waals surface area contributed by atoms with Gasteiger partial charge < -0.3 is 15.0 Å². The number of aryl methyl sites for hydroxylation is 1. The molecule has 136 valence electrons. The molecule has 4 rings (SSSR count). The van der Waals surface area contributed by atoms with Gasteiger partial charge in [0.05, 0.1) is 23.9 Å². The number of halogens is 1. The highest BCUT2D eigenvalue weighted by molar-refractivity contribution is 7.18. The van der Waals surface area contributed by atoms with Crippen molar-refractivity contribution in [1.29, 1.82) is 0 Å². The van der Waals surface area contributed by atoms with E-state index in [2.05, 4.69) is 28.2 Å². The monoisotopic (exact) mass is 389 g/mol. The molecule has 2 aromatic heterocycles. The number of hydrogen-bond acceptors (Lipinski definition) is 4. The van der Waals surface area contributed by atoms with Crippen molar-refractivity contribution in [3.8, 4) is 0 Å². The molecule has 0 radical (unpaired) electrons. The van der Waals surface area contributed by atoms with E-state index in [4.69, 9.17) is 16.3 Å². The molecule has 5 nitrogen and oxygen atoms in total. The number of ether oxygens (including phenoxy) is 1. The molecule has 0 bridgehead atoms. The van der Waals surface area contributed by atoms with Crippen molar-refractivity contribution in [2.45, 2.75) is 13.5 Å². The molecule has 1 amide bonds. The number of nitrogens with zero attached hydrogens (tertiary/aromatic N) is 1. The maximum atomic E-state index is 12.9. The molecule has 1 fully saturated rings. The molecule has 0 aliphatic carbocycles. The van der Waals surface area contributed by atoms with E-state index in [0.717, 1.165) is 48.6 Å². The van der Waals surface area contributed by atoms with Gasteiger partial charge in [0.15, 0.2) is 0 Å². The molecule has 2 N–H and O–H groups in total. The van der Waals surface area contributed by atoms with E-state index >= 15 is 0 Å². The normalized spacial score (nSPS) is 15.5. The van der Waals surface area contributed by atoms with Crippen LogP contribution in [0.3, 0.4) is 0 Å². The number of aromatic nitrogens is 1. The van der Waals surface area contributed by atoms with Gasteiger partial charge in [0.1, 0.15) is 10.5 Å². The van der Waals surface area contributed by atoms with Gasteiger partial charge in [-0.25, -0.2) is 0 Å². The van der Waals surface area contributed by atoms with Crippen molar-refractivity contribution >= 4 is 44.7 Å². The number of rotatable bonds is 4. The van der Waals surface area contributed by atoms with Crippen LogP contribution in [0.1, 0.15) is 20.9 Å². The zero-order valence-corrected chi connectivity index (χ0v) is 16.0. The molecule has 1 aromatic carbocycles. The number of H-pyrrole nitrogens is 1. The molecule has 0 spiro atoms. The zero-order chi connectivity index (χ0) is 18.1. The predicted octanol–water partition coefficient (Wildman–Crippen LogP) is 4.28. The van der Waals surface area contributed by atoms with Gasteiger partial charge in [-0.2, -0.15) is 0 Å². The number of para-hydroxylation sites is 1. The number of amides is 1. The van der Waals surface area contributed by atoms with Crippen LogP contribution in [0.2, 0.25) is 5.02 Å². The molecular weight excluding hydrogens is 370 g/mol. The zero-order valence-electron chi connectivity index (χ0n) is 14.5. The number of aromatic amines is 1. The summed E-state index contributed by atoms with van der Waals surface area (Å²) < 4.78 is 5.44. The fourth-order valence-corrected chi connectivity index (χ4v) is 4.37. The Morgan fingerprint density at radius 3 is 2.88 bits per heavy atom. The van der Waals surface area contributed by atoms with Crippen molar-refractivity contribution in [2.24, 2.45) is 0 Å². The summed E-state index contributed by atoms with van der Waals surface area (Å²) in [5, 5.41) is 4.58. The van der Waals surface area contributed by atoms with Gasteiger partial charge in [0.25, 0.3) is 5.91 Å². The van der Waals surface area contributed by atoms with Gasteiger partial charge in [0, 0.05) is 35.5 Å². The smallest absolute Gasteiger partial charge is 0.272 e. The molecule has 26 heavy (non-hydrogen) atoms. The molecule has 1 aliphatic heterocycles. The lowest BCUT2D eigenvalue weighted by atomic mass is 10.1. The third-order valence-electron chi connectivity index (χ3n) is 4.56. The number of fused-ring (bicyclic) bond motifs is 1. The van der Waals surface area contributed by atoms with E-state index in [1.807, 2.05) is 12.1 Å². The van der Waals surface area contributed by atoms with Crippen LogP contribution < -0.4 is 5.32 Å². The highest BCUT2D eigenvalue weighted by Crippen LogP contribution is 2.32. The van der Waals surface area contributed by atoms with E-state index in [1.54, 1.807) is 23.5 Å². The van der Waals surface area contributed by atoms with Crippen LogP contribution >= 0.6 is 22.9 Å². The lowest BCUT2D eigenvalue weighted by molar-refractivity contribution is 0.0342. The average Bonchev–Trinajstić information content (AvgIpc) is 3.15. The molecule has 0 unspecified atom stereocenters. The van der Waals surface area contributed by atoms with Gasteiger partial charge in [0.2, 0.25) is 0 Å². The van der Waals surface area contributed by atoms with Crippen molar-refractivity contribution in [3.63, 3.8) is 0 Å². The van der Waals surface area contributed by atoms with Crippen LogP contribution in [0.25, 0.3) is 10.2 Å². The lowest BCUT2D eigenvalue weighted by Crippen LogP contribution is -2.36. The largest absolute Gasteiger partial charge is 0.379 e. The standard InChI is InChI=1S/C19H20ClN3O2S/c1-12-10-13-14(11-23-6-8-25-9-7-23)17(22-19(13)26-12)18(24)21-16-5-3-2-4-15(16)20/h2-5,10,22H,6-9,11H2,1H3,(H,21,24). The molecule has 3 heterocycles. The fourth-order valence-electron chi connectivity index (χ4n) is 3.24. The minimum Gasteiger partial charge on any atom is -0.379 e. The molecule has 3 aromatic rings. The maximum Gasteiger partial charge on any atom is 0.272 e. The van der Waals surface area contributed by atoms with Gasteiger partial charge in [-0.3, -0.25) is 9.69 Å². The van der Waals surface area contributed by atoms with E-state index in [0.29, 0.717) is 16.4 Å². The van der Waals surface area contributed by atoms with Crippen molar-refractivity contribution in [2.75, 3.05) is 31.6 Å². The van der Waals surface area contributed by atoms with Gasteiger partial charge in [-0.1, -0.05) is 23.7 Å². The molecular formula is C19H20ClN3O2S. The minimum atomic E-state index is -0.164. The second-order valence-electron chi connectivity index (χ2n) is 6.40. The Morgan fingerprint density at radius 2 is 2.12 bits per heavy atom. The van der Waals surface area contributed by atoms with E-state index in [-0.39, 0.29) is 5.91 Å². The van der Waals surface area contributed by atoms with Crippen molar-refractivity contribution < 1.29 is 9.53 Å². The van der Waals surface area contributed by atoms with E-state index in [1.165, 1.54) is 4.88 Å². The van der Waals surface area contributed by atoms with Crippen LogP contribution in [0.15, 0.2) is 30.3 Å². The van der Waals surface area contributed by atoms with E-state index < -0.39 is 0 Å². The van der Waals surface area contributed by atoms with Crippen molar-refractivity contribution in [3.05, 3.63) is 51.5 Å². The fraction of sp³-hybridized carbons (Fsp3) is 0.316. The molecule has 0 saturated carbocycles. The third kappa shape index (κ3) is 3.50. The molecule has 0 atom stereocenters. The number of carbonyl (C=O) groups excluding carboxylic acids is 1. The van der Waals surface area contributed by atoms with Gasteiger partial charge in [-0.15, -0.1) is 11.3 Å². The van der Waals surface area contributed by atoms with Crippen LogP contribution in [0, 0.1) is 6.92 Å². The summed E-state index contributed by atoms with van der Waals surface area (Å²) in [7, 11) is 0. The highest BCUT2D eigenvalue weighted by Gasteiger charge is 2.22. The number of anilines is 1. The summed E-state index contributed by atoms with van der Waals surface area (Å²) in [4.78, 5) is 20.9. The second kappa shape index (κ2) is 7.40. The van der Waals surface area contributed by atoms with Crippen LogP contribution in [-0.2, 0) is 11.3 Å². The topological polar surface area (TPSA) is 57.4 Å². The highest BCUT2D eigenvalue weighted by atomic mass is 35.5. The summed E-state index contributed by atoms with van der Waals surface area (Å²) in [6, 6.07) is 9.42. The molecule has 1 aliphatic rings. The SMILES string of the molecule is Cc1cc2c(CN3CCOCC3)c(C(=O)Nc3ccccc3Cl)[nH]c2s1. The summed E-state index contributed by atoms with van der Waals surface area (Å²) in [6.45, 7) is 6.03. The number of morpholine rings is 1. The Labute approximate surface area is 160 Å². The van der Waals surface area contributed by atoms with Crippen LogP contribution in [-0.4, -0.2) is 42.1 Å². The average molecular weight is 390 g/mol. The number of hydrogen-bond donors (Lipinski definition) is 2. The Morgan fingerprint density at radius 1 is 1.35 bits per heavy atom. The number of thiophene rings is 1. The molecule has 1 saturated heterocycles. The Balaban J connectivity index is 1.67. The number of carbonyl (C=O) groups is 1. The first-order valence-corrected chi connectivity index (χ1v) is 9.78. The predicted molar refractivity (Wildman–Crippen MR) is 106 cm³/mol. The quantitative estimate of drug-likeness (QED) is 0.700. The Kier molecular flexibility index (Phi) is 5.00. The van der Waals surface area contributed by atoms with E-state index in [9.17, 15) is 4.79 Å². The molecule has 7 heteroatoms.